The Morgan fingerprint density at radius 2 is 2.14 bits per heavy atom. The Morgan fingerprint density at radius 3 is 2.86 bits per heavy atom. The number of aromatic amines is 1. The Kier molecular flexibility index (Phi) is 2.96. The van der Waals surface area contributed by atoms with Gasteiger partial charge in [0.2, 0.25) is 0 Å². The molecule has 1 saturated carbocycles. The van der Waals surface area contributed by atoms with Crippen molar-refractivity contribution in [1.29, 1.82) is 0 Å². The molecule has 0 radical (unpaired) electrons. The van der Waals surface area contributed by atoms with E-state index in [9.17, 15) is 4.79 Å². The third-order valence-corrected chi connectivity index (χ3v) is 2.97. The molecular formula is C11H16N2O. The van der Waals surface area contributed by atoms with Crippen LogP contribution in [0.1, 0.15) is 37.8 Å². The molecule has 1 aliphatic rings. The van der Waals surface area contributed by atoms with Gasteiger partial charge in [0.15, 0.2) is 0 Å². The van der Waals surface area contributed by atoms with Crippen molar-refractivity contribution in [3.63, 3.8) is 0 Å². The smallest absolute Gasteiger partial charge is 0.310 e. The second-order valence-electron chi connectivity index (χ2n) is 4.11. The largest absolute Gasteiger partial charge is 0.345 e. The van der Waals surface area contributed by atoms with E-state index in [2.05, 4.69) is 9.97 Å². The van der Waals surface area contributed by atoms with Gasteiger partial charge < -0.3 is 4.98 Å². The van der Waals surface area contributed by atoms with Crippen molar-refractivity contribution in [3.05, 3.63) is 28.4 Å². The van der Waals surface area contributed by atoms with Crippen molar-refractivity contribution in [2.75, 3.05) is 0 Å². The maximum Gasteiger partial charge on any atom is 0.345 e. The molecule has 14 heavy (non-hydrogen) atoms. The molecule has 0 amide bonds. The SMILES string of the molecule is O=c1nccc(CC2CCCCC2)[nH]1. The van der Waals surface area contributed by atoms with Gasteiger partial charge in [-0.1, -0.05) is 32.1 Å². The van der Waals surface area contributed by atoms with Crippen LogP contribution in [0.15, 0.2) is 17.1 Å². The molecule has 1 aliphatic carbocycles. The van der Waals surface area contributed by atoms with Crippen molar-refractivity contribution in [2.24, 2.45) is 5.92 Å². The summed E-state index contributed by atoms with van der Waals surface area (Å²) in [6, 6.07) is 1.91. The van der Waals surface area contributed by atoms with E-state index in [1.807, 2.05) is 6.07 Å². The Bertz CT molecular complexity index is 339. The number of nitrogens with one attached hydrogen (secondary N) is 1. The third-order valence-electron chi connectivity index (χ3n) is 2.97. The van der Waals surface area contributed by atoms with Crippen LogP contribution < -0.4 is 5.69 Å². The fraction of sp³-hybridized carbons (Fsp3) is 0.636. The maximum atomic E-state index is 11.0. The standard InChI is InChI=1S/C11H16N2O/c14-11-12-7-6-10(13-11)8-9-4-2-1-3-5-9/h6-7,9H,1-5,8H2,(H,12,13,14). The first kappa shape index (κ1) is 9.44. The van der Waals surface area contributed by atoms with E-state index in [1.165, 1.54) is 32.1 Å². The molecule has 0 unspecified atom stereocenters. The van der Waals surface area contributed by atoms with Gasteiger partial charge in [0, 0.05) is 11.9 Å². The zero-order valence-electron chi connectivity index (χ0n) is 8.33. The number of hydrogen-bond acceptors (Lipinski definition) is 2. The van der Waals surface area contributed by atoms with E-state index in [0.717, 1.165) is 18.0 Å². The lowest BCUT2D eigenvalue weighted by atomic mass is 9.86. The van der Waals surface area contributed by atoms with E-state index in [-0.39, 0.29) is 5.69 Å². The summed E-state index contributed by atoms with van der Waals surface area (Å²) in [5.41, 5.74) is 0.815. The molecule has 1 aromatic heterocycles. The molecular weight excluding hydrogens is 176 g/mol. The minimum atomic E-state index is -0.224. The summed E-state index contributed by atoms with van der Waals surface area (Å²) in [5, 5.41) is 0. The molecule has 0 spiro atoms. The first-order valence-electron chi connectivity index (χ1n) is 5.39. The maximum absolute atomic E-state index is 11.0. The zero-order valence-corrected chi connectivity index (χ0v) is 8.33. The predicted octanol–water partition coefficient (Wildman–Crippen LogP) is 1.89. The van der Waals surface area contributed by atoms with Gasteiger partial charge in [0.05, 0.1) is 0 Å². The fourth-order valence-corrected chi connectivity index (χ4v) is 2.23. The average Bonchev–Trinajstić information content (AvgIpc) is 2.19. The summed E-state index contributed by atoms with van der Waals surface area (Å²) in [6.07, 6.45) is 9.30. The molecule has 1 aromatic rings. The molecule has 0 saturated heterocycles. The number of aromatic nitrogens is 2. The van der Waals surface area contributed by atoms with Crippen LogP contribution in [0.25, 0.3) is 0 Å². The fourth-order valence-electron chi connectivity index (χ4n) is 2.23. The average molecular weight is 192 g/mol. The van der Waals surface area contributed by atoms with E-state index in [0.29, 0.717) is 0 Å². The van der Waals surface area contributed by atoms with Crippen LogP contribution in [0.3, 0.4) is 0 Å². The molecule has 3 heteroatoms. The second-order valence-corrected chi connectivity index (χ2v) is 4.11. The van der Waals surface area contributed by atoms with Crippen LogP contribution >= 0.6 is 0 Å². The van der Waals surface area contributed by atoms with Crippen LogP contribution in [0.4, 0.5) is 0 Å². The highest BCUT2D eigenvalue weighted by Crippen LogP contribution is 2.25. The van der Waals surface area contributed by atoms with E-state index in [1.54, 1.807) is 6.20 Å². The topological polar surface area (TPSA) is 45.8 Å². The summed E-state index contributed by atoms with van der Waals surface area (Å²) < 4.78 is 0. The molecule has 3 nitrogen and oxygen atoms in total. The minimum absolute atomic E-state index is 0.224. The molecule has 2 rings (SSSR count). The van der Waals surface area contributed by atoms with E-state index < -0.39 is 0 Å². The molecule has 76 valence electrons. The van der Waals surface area contributed by atoms with Gasteiger partial charge in [-0.05, 0) is 18.4 Å². The van der Waals surface area contributed by atoms with Crippen LogP contribution in [0, 0.1) is 5.92 Å². The molecule has 0 aliphatic heterocycles. The summed E-state index contributed by atoms with van der Waals surface area (Å²) in [7, 11) is 0. The van der Waals surface area contributed by atoms with Gasteiger partial charge in [0.25, 0.3) is 0 Å². The lowest BCUT2D eigenvalue weighted by molar-refractivity contribution is 0.354. The van der Waals surface area contributed by atoms with E-state index in [4.69, 9.17) is 0 Å². The Labute approximate surface area is 83.6 Å². The lowest BCUT2D eigenvalue weighted by Gasteiger charge is -2.20. The first-order valence-corrected chi connectivity index (χ1v) is 5.39. The van der Waals surface area contributed by atoms with E-state index >= 15 is 0 Å². The van der Waals surface area contributed by atoms with Crippen molar-refractivity contribution in [2.45, 2.75) is 38.5 Å². The highest BCUT2D eigenvalue weighted by Gasteiger charge is 2.13. The Hall–Kier alpha value is -1.12. The Morgan fingerprint density at radius 1 is 1.36 bits per heavy atom. The monoisotopic (exact) mass is 192 g/mol. The number of nitrogens with zero attached hydrogens (tertiary/aromatic N) is 1. The highest BCUT2D eigenvalue weighted by molar-refractivity contribution is 4.99. The van der Waals surface area contributed by atoms with Crippen molar-refractivity contribution >= 4 is 0 Å². The normalized spacial score (nSPS) is 18.3. The van der Waals surface area contributed by atoms with Gasteiger partial charge in [-0.25, -0.2) is 9.78 Å². The molecule has 1 N–H and O–H groups in total. The minimum Gasteiger partial charge on any atom is -0.310 e. The molecule has 1 fully saturated rings. The summed E-state index contributed by atoms with van der Waals surface area (Å²) in [4.78, 5) is 17.4. The third kappa shape index (κ3) is 2.44. The lowest BCUT2D eigenvalue weighted by Crippen LogP contribution is -2.15. The van der Waals surface area contributed by atoms with Gasteiger partial charge >= 0.3 is 5.69 Å². The number of rotatable bonds is 2. The zero-order chi connectivity index (χ0) is 9.80. The predicted molar refractivity (Wildman–Crippen MR) is 55.1 cm³/mol. The van der Waals surface area contributed by atoms with Gasteiger partial charge in [-0.2, -0.15) is 0 Å². The highest BCUT2D eigenvalue weighted by atomic mass is 16.1. The van der Waals surface area contributed by atoms with Crippen LogP contribution in [-0.4, -0.2) is 9.97 Å². The number of hydrogen-bond donors (Lipinski definition) is 1. The van der Waals surface area contributed by atoms with Gasteiger partial charge in [-0.3, -0.25) is 0 Å². The molecule has 0 atom stereocenters. The quantitative estimate of drug-likeness (QED) is 0.777. The van der Waals surface area contributed by atoms with Gasteiger partial charge in [-0.15, -0.1) is 0 Å². The Balaban J connectivity index is 1.99. The first-order chi connectivity index (χ1) is 6.84. The summed E-state index contributed by atoms with van der Waals surface area (Å²) in [5.74, 6) is 0.766. The van der Waals surface area contributed by atoms with Crippen LogP contribution in [0.2, 0.25) is 0 Å². The van der Waals surface area contributed by atoms with Crippen molar-refractivity contribution < 1.29 is 0 Å². The van der Waals surface area contributed by atoms with Crippen molar-refractivity contribution in [3.8, 4) is 0 Å². The summed E-state index contributed by atoms with van der Waals surface area (Å²) >= 11 is 0. The van der Waals surface area contributed by atoms with Crippen molar-refractivity contribution in [1.82, 2.24) is 9.97 Å². The van der Waals surface area contributed by atoms with Gasteiger partial charge in [0.1, 0.15) is 0 Å². The van der Waals surface area contributed by atoms with Crippen LogP contribution in [-0.2, 0) is 6.42 Å². The molecule has 1 heterocycles. The van der Waals surface area contributed by atoms with Crippen LogP contribution in [0.5, 0.6) is 0 Å². The molecule has 0 bridgehead atoms. The second kappa shape index (κ2) is 4.40. The molecule has 0 aromatic carbocycles. The number of H-pyrrole nitrogens is 1. The summed E-state index contributed by atoms with van der Waals surface area (Å²) in [6.45, 7) is 0.